The molecule has 0 aromatic carbocycles. The molecule has 3 atom stereocenters. The summed E-state index contributed by atoms with van der Waals surface area (Å²) in [6.07, 6.45) is 7.20. The molecule has 1 saturated carbocycles. The smallest absolute Gasteiger partial charge is 0.0975 e. The Bertz CT molecular complexity index is 212. The average molecular weight is 243 g/mol. The summed E-state index contributed by atoms with van der Waals surface area (Å²) in [4.78, 5) is 0. The molecule has 1 rings (SSSR count). The molecule has 1 aliphatic rings. The van der Waals surface area contributed by atoms with Crippen LogP contribution in [0.4, 0.5) is 0 Å². The second kappa shape index (κ2) is 6.72. The zero-order valence-corrected chi connectivity index (χ0v) is 11.4. The Kier molecular flexibility index (Phi) is 5.90. The predicted molar refractivity (Wildman–Crippen MR) is 70.7 cm³/mol. The molecule has 0 bridgehead atoms. The van der Waals surface area contributed by atoms with E-state index >= 15 is 0 Å². The molecule has 3 heteroatoms. The number of hydrogen-bond acceptors (Lipinski definition) is 3. The molecule has 102 valence electrons. The first-order valence-corrected chi connectivity index (χ1v) is 7.12. The van der Waals surface area contributed by atoms with Crippen LogP contribution in [0.1, 0.15) is 65.2 Å². The van der Waals surface area contributed by atoms with E-state index in [1.807, 2.05) is 13.8 Å². The molecule has 0 unspecified atom stereocenters. The molecular weight excluding hydrogens is 214 g/mol. The SMILES string of the molecule is CCC[C@H](O)[C@H](O)[C@@](C)(N)CC1CCCCC1. The maximum atomic E-state index is 10.1. The van der Waals surface area contributed by atoms with Gasteiger partial charge in [-0.25, -0.2) is 0 Å². The summed E-state index contributed by atoms with van der Waals surface area (Å²) in [6, 6.07) is 0. The third kappa shape index (κ3) is 4.57. The van der Waals surface area contributed by atoms with Crippen LogP contribution in [0.2, 0.25) is 0 Å². The van der Waals surface area contributed by atoms with Crippen LogP contribution in [0.15, 0.2) is 0 Å². The van der Waals surface area contributed by atoms with Crippen molar-refractivity contribution in [1.82, 2.24) is 0 Å². The molecule has 0 heterocycles. The minimum Gasteiger partial charge on any atom is -0.390 e. The van der Waals surface area contributed by atoms with Gasteiger partial charge in [0.1, 0.15) is 0 Å². The van der Waals surface area contributed by atoms with Gasteiger partial charge in [0.25, 0.3) is 0 Å². The first-order valence-electron chi connectivity index (χ1n) is 7.12. The molecule has 1 fully saturated rings. The van der Waals surface area contributed by atoms with Gasteiger partial charge >= 0.3 is 0 Å². The van der Waals surface area contributed by atoms with E-state index in [1.165, 1.54) is 32.1 Å². The van der Waals surface area contributed by atoms with Crippen molar-refractivity contribution in [1.29, 1.82) is 0 Å². The van der Waals surface area contributed by atoms with Crippen molar-refractivity contribution in [2.24, 2.45) is 11.7 Å². The zero-order valence-electron chi connectivity index (χ0n) is 11.4. The first-order chi connectivity index (χ1) is 7.97. The van der Waals surface area contributed by atoms with Crippen LogP contribution in [0.25, 0.3) is 0 Å². The standard InChI is InChI=1S/C14H29NO2/c1-3-7-12(16)13(17)14(2,15)10-11-8-5-4-6-9-11/h11-13,16-17H,3-10,15H2,1-2H3/t12-,13-,14-/m0/s1. The van der Waals surface area contributed by atoms with E-state index in [-0.39, 0.29) is 0 Å². The average Bonchev–Trinajstić information content (AvgIpc) is 2.29. The van der Waals surface area contributed by atoms with Crippen molar-refractivity contribution in [3.63, 3.8) is 0 Å². The van der Waals surface area contributed by atoms with Gasteiger partial charge in [0, 0.05) is 5.54 Å². The lowest BCUT2D eigenvalue weighted by atomic mass is 9.77. The number of nitrogens with two attached hydrogens (primary N) is 1. The molecule has 0 aromatic rings. The Morgan fingerprint density at radius 3 is 2.35 bits per heavy atom. The maximum Gasteiger partial charge on any atom is 0.0975 e. The van der Waals surface area contributed by atoms with Crippen molar-refractivity contribution >= 4 is 0 Å². The minimum absolute atomic E-state index is 0.624. The molecule has 17 heavy (non-hydrogen) atoms. The van der Waals surface area contributed by atoms with Crippen LogP contribution in [0.5, 0.6) is 0 Å². The van der Waals surface area contributed by atoms with Gasteiger partial charge in [-0.2, -0.15) is 0 Å². The maximum absolute atomic E-state index is 10.1. The normalized spacial score (nSPS) is 25.2. The summed E-state index contributed by atoms with van der Waals surface area (Å²) < 4.78 is 0. The largest absolute Gasteiger partial charge is 0.390 e. The highest BCUT2D eigenvalue weighted by molar-refractivity contribution is 4.93. The van der Waals surface area contributed by atoms with Crippen molar-refractivity contribution < 1.29 is 10.2 Å². The Labute approximate surface area is 105 Å². The summed E-state index contributed by atoms with van der Waals surface area (Å²) in [7, 11) is 0. The van der Waals surface area contributed by atoms with Gasteiger partial charge in [-0.3, -0.25) is 0 Å². The predicted octanol–water partition coefficient (Wildman–Crippen LogP) is 2.20. The first kappa shape index (κ1) is 14.9. The van der Waals surface area contributed by atoms with Crippen molar-refractivity contribution in [3.05, 3.63) is 0 Å². The van der Waals surface area contributed by atoms with E-state index in [9.17, 15) is 10.2 Å². The highest BCUT2D eigenvalue weighted by atomic mass is 16.3. The molecule has 0 aromatic heterocycles. The highest BCUT2D eigenvalue weighted by Gasteiger charge is 2.35. The Balaban J connectivity index is 2.47. The van der Waals surface area contributed by atoms with E-state index in [2.05, 4.69) is 0 Å². The van der Waals surface area contributed by atoms with Crippen molar-refractivity contribution in [2.45, 2.75) is 83.0 Å². The van der Waals surface area contributed by atoms with Crippen LogP contribution in [-0.4, -0.2) is 28.0 Å². The van der Waals surface area contributed by atoms with Crippen molar-refractivity contribution in [3.8, 4) is 0 Å². The quantitative estimate of drug-likeness (QED) is 0.670. The van der Waals surface area contributed by atoms with Crippen LogP contribution in [0, 0.1) is 5.92 Å². The monoisotopic (exact) mass is 243 g/mol. The van der Waals surface area contributed by atoms with E-state index in [1.54, 1.807) is 0 Å². The van der Waals surface area contributed by atoms with E-state index < -0.39 is 17.7 Å². The number of rotatable bonds is 6. The lowest BCUT2D eigenvalue weighted by molar-refractivity contribution is -0.0357. The Hall–Kier alpha value is -0.120. The van der Waals surface area contributed by atoms with Crippen LogP contribution < -0.4 is 5.73 Å². The van der Waals surface area contributed by atoms with E-state index in [0.717, 1.165) is 12.8 Å². The highest BCUT2D eigenvalue weighted by Crippen LogP contribution is 2.31. The topological polar surface area (TPSA) is 66.5 Å². The molecule has 0 saturated heterocycles. The fraction of sp³-hybridized carbons (Fsp3) is 1.00. The molecular formula is C14H29NO2. The molecule has 0 amide bonds. The molecule has 1 aliphatic carbocycles. The summed E-state index contributed by atoms with van der Waals surface area (Å²) in [5.41, 5.74) is 5.56. The third-order valence-corrected chi connectivity index (χ3v) is 4.08. The number of hydrogen-bond donors (Lipinski definition) is 3. The number of aliphatic hydroxyl groups excluding tert-OH is 2. The second-order valence-corrected chi connectivity index (χ2v) is 6.01. The number of aliphatic hydroxyl groups is 2. The Morgan fingerprint density at radius 1 is 1.24 bits per heavy atom. The van der Waals surface area contributed by atoms with E-state index in [4.69, 9.17) is 5.73 Å². The lowest BCUT2D eigenvalue weighted by Crippen LogP contribution is -2.54. The molecule has 0 aliphatic heterocycles. The summed E-state index contributed by atoms with van der Waals surface area (Å²) >= 11 is 0. The van der Waals surface area contributed by atoms with Gasteiger partial charge in [0.2, 0.25) is 0 Å². The third-order valence-electron chi connectivity index (χ3n) is 4.08. The Morgan fingerprint density at radius 2 is 1.82 bits per heavy atom. The van der Waals surface area contributed by atoms with E-state index in [0.29, 0.717) is 12.3 Å². The van der Waals surface area contributed by atoms with Gasteiger partial charge in [-0.15, -0.1) is 0 Å². The molecule has 0 radical (unpaired) electrons. The summed E-state index contributed by atoms with van der Waals surface area (Å²) in [6.45, 7) is 3.89. The van der Waals surface area contributed by atoms with Gasteiger partial charge < -0.3 is 15.9 Å². The lowest BCUT2D eigenvalue weighted by Gasteiger charge is -2.37. The fourth-order valence-electron chi connectivity index (χ4n) is 3.03. The van der Waals surface area contributed by atoms with Crippen LogP contribution in [-0.2, 0) is 0 Å². The summed E-state index contributed by atoms with van der Waals surface area (Å²) in [5.74, 6) is 0.627. The van der Waals surface area contributed by atoms with Crippen LogP contribution in [0.3, 0.4) is 0 Å². The minimum atomic E-state index is -0.802. The van der Waals surface area contributed by atoms with Crippen molar-refractivity contribution in [2.75, 3.05) is 0 Å². The van der Waals surface area contributed by atoms with Crippen LogP contribution >= 0.6 is 0 Å². The van der Waals surface area contributed by atoms with Gasteiger partial charge in [0.15, 0.2) is 0 Å². The van der Waals surface area contributed by atoms with Gasteiger partial charge in [-0.1, -0.05) is 45.4 Å². The molecule has 3 nitrogen and oxygen atoms in total. The van der Waals surface area contributed by atoms with Gasteiger partial charge in [-0.05, 0) is 25.7 Å². The zero-order chi connectivity index (χ0) is 12.9. The fourth-order valence-corrected chi connectivity index (χ4v) is 3.03. The van der Waals surface area contributed by atoms with Gasteiger partial charge in [0.05, 0.1) is 12.2 Å². The molecule has 0 spiro atoms. The molecule has 4 N–H and O–H groups in total. The second-order valence-electron chi connectivity index (χ2n) is 6.01. The summed E-state index contributed by atoms with van der Waals surface area (Å²) in [5, 5.41) is 20.0.